The van der Waals surface area contributed by atoms with Gasteiger partial charge in [0.1, 0.15) is 5.75 Å². The van der Waals surface area contributed by atoms with E-state index in [0.717, 1.165) is 29.0 Å². The Labute approximate surface area is 149 Å². The van der Waals surface area contributed by atoms with Crippen LogP contribution >= 0.6 is 0 Å². The molecule has 0 amide bonds. The smallest absolute Gasteiger partial charge is 0.115 e. The van der Waals surface area contributed by atoms with Gasteiger partial charge < -0.3 is 5.11 Å². The number of phenols is 1. The number of benzene rings is 2. The van der Waals surface area contributed by atoms with Gasteiger partial charge in [-0.2, -0.15) is 0 Å². The number of phenolic OH excluding ortho intramolecular Hbond substituents is 1. The minimum Gasteiger partial charge on any atom is -0.508 e. The first kappa shape index (κ1) is 15.2. The van der Waals surface area contributed by atoms with Crippen molar-refractivity contribution in [3.05, 3.63) is 59.7 Å². The number of aliphatic imine (C=N–C) groups is 1. The lowest BCUT2D eigenvalue weighted by molar-refractivity contribution is -0.00518. The molecule has 4 bridgehead atoms. The van der Waals surface area contributed by atoms with Gasteiger partial charge in [0.2, 0.25) is 0 Å². The Morgan fingerprint density at radius 1 is 0.800 bits per heavy atom. The molecular weight excluding hydrogens is 306 g/mol. The van der Waals surface area contributed by atoms with Crippen molar-refractivity contribution < 1.29 is 5.11 Å². The van der Waals surface area contributed by atoms with Crippen molar-refractivity contribution in [3.63, 3.8) is 0 Å². The van der Waals surface area contributed by atoms with Crippen molar-refractivity contribution in [2.24, 2.45) is 22.7 Å². The molecule has 0 saturated heterocycles. The Morgan fingerprint density at radius 2 is 1.36 bits per heavy atom. The number of hydrogen-bond acceptors (Lipinski definition) is 2. The summed E-state index contributed by atoms with van der Waals surface area (Å²) in [6.45, 7) is 0. The first-order chi connectivity index (χ1) is 12.2. The average Bonchev–Trinajstić information content (AvgIpc) is 2.60. The zero-order valence-electron chi connectivity index (χ0n) is 14.6. The van der Waals surface area contributed by atoms with Crippen molar-refractivity contribution in [2.75, 3.05) is 0 Å². The molecule has 0 spiro atoms. The van der Waals surface area contributed by atoms with Crippen LogP contribution in [0.4, 0.5) is 5.69 Å². The number of rotatable bonds is 3. The maximum Gasteiger partial charge on any atom is 0.115 e. The van der Waals surface area contributed by atoms with Crippen LogP contribution in [-0.4, -0.2) is 11.3 Å². The third-order valence-corrected chi connectivity index (χ3v) is 6.77. The molecule has 0 aromatic heterocycles. The topological polar surface area (TPSA) is 32.6 Å². The second-order valence-electron chi connectivity index (χ2n) is 8.59. The maximum absolute atomic E-state index is 9.34. The van der Waals surface area contributed by atoms with Gasteiger partial charge in [0, 0.05) is 6.21 Å². The SMILES string of the molecule is Oc1ccc(C=Nc2ccc(C34CC5CC(CC(C5)C3)C4)cc2)cc1. The van der Waals surface area contributed by atoms with Crippen molar-refractivity contribution >= 4 is 11.9 Å². The van der Waals surface area contributed by atoms with Gasteiger partial charge in [-0.25, -0.2) is 0 Å². The van der Waals surface area contributed by atoms with Crippen molar-refractivity contribution in [2.45, 2.75) is 43.9 Å². The summed E-state index contributed by atoms with van der Waals surface area (Å²) in [7, 11) is 0. The molecule has 0 aliphatic heterocycles. The summed E-state index contributed by atoms with van der Waals surface area (Å²) in [5.41, 5.74) is 4.02. The fourth-order valence-electron chi connectivity index (χ4n) is 6.07. The quantitative estimate of drug-likeness (QED) is 0.728. The molecule has 2 aromatic rings. The molecule has 0 unspecified atom stereocenters. The lowest BCUT2D eigenvalue weighted by Gasteiger charge is -2.57. The molecular formula is C23H25NO. The summed E-state index contributed by atoms with van der Waals surface area (Å²) in [6.07, 6.45) is 10.6. The van der Waals surface area contributed by atoms with E-state index in [1.54, 1.807) is 17.7 Å². The highest BCUT2D eigenvalue weighted by molar-refractivity contribution is 5.82. The van der Waals surface area contributed by atoms with E-state index in [2.05, 4.69) is 29.3 Å². The molecule has 2 heteroatoms. The van der Waals surface area contributed by atoms with E-state index in [4.69, 9.17) is 0 Å². The van der Waals surface area contributed by atoms with E-state index in [-0.39, 0.29) is 5.75 Å². The van der Waals surface area contributed by atoms with Crippen LogP contribution in [0.25, 0.3) is 0 Å². The molecule has 6 rings (SSSR count). The Morgan fingerprint density at radius 3 is 1.92 bits per heavy atom. The molecule has 25 heavy (non-hydrogen) atoms. The van der Waals surface area contributed by atoms with Gasteiger partial charge in [-0.15, -0.1) is 0 Å². The van der Waals surface area contributed by atoms with Crippen LogP contribution in [0.3, 0.4) is 0 Å². The second-order valence-corrected chi connectivity index (χ2v) is 8.59. The van der Waals surface area contributed by atoms with Gasteiger partial charge in [0.05, 0.1) is 5.69 Å². The van der Waals surface area contributed by atoms with Gasteiger partial charge in [0.15, 0.2) is 0 Å². The number of nitrogens with zero attached hydrogens (tertiary/aromatic N) is 1. The molecule has 0 atom stereocenters. The highest BCUT2D eigenvalue weighted by Gasteiger charge is 2.51. The van der Waals surface area contributed by atoms with Crippen LogP contribution in [-0.2, 0) is 5.41 Å². The molecule has 0 radical (unpaired) electrons. The van der Waals surface area contributed by atoms with E-state index in [1.165, 1.54) is 38.5 Å². The summed E-state index contributed by atoms with van der Waals surface area (Å²) in [6, 6.07) is 16.1. The molecule has 4 aliphatic rings. The Hall–Kier alpha value is -2.09. The standard InChI is InChI=1S/C23H25NO/c25-22-7-1-16(2-8-22)15-24-21-5-3-20(4-6-21)23-12-17-9-18(13-23)11-19(10-17)14-23/h1-8,15,17-19,25H,9-14H2. The normalized spacial score (nSPS) is 33.2. The van der Waals surface area contributed by atoms with Crippen LogP contribution in [0.5, 0.6) is 5.75 Å². The Bertz CT molecular complexity index is 753. The molecule has 128 valence electrons. The molecule has 1 N–H and O–H groups in total. The van der Waals surface area contributed by atoms with Crippen molar-refractivity contribution in [1.82, 2.24) is 0 Å². The van der Waals surface area contributed by atoms with Gasteiger partial charge >= 0.3 is 0 Å². The predicted molar refractivity (Wildman–Crippen MR) is 102 cm³/mol. The monoisotopic (exact) mass is 331 g/mol. The van der Waals surface area contributed by atoms with Crippen molar-refractivity contribution in [3.8, 4) is 5.75 Å². The van der Waals surface area contributed by atoms with Crippen molar-refractivity contribution in [1.29, 1.82) is 0 Å². The van der Waals surface area contributed by atoms with Crippen LogP contribution < -0.4 is 0 Å². The summed E-state index contributed by atoms with van der Waals surface area (Å²) in [5, 5.41) is 9.34. The zero-order chi connectivity index (χ0) is 16.9. The fourth-order valence-corrected chi connectivity index (χ4v) is 6.07. The van der Waals surface area contributed by atoms with Crippen LogP contribution in [0.2, 0.25) is 0 Å². The van der Waals surface area contributed by atoms with Gasteiger partial charge in [0.25, 0.3) is 0 Å². The van der Waals surface area contributed by atoms with Crippen LogP contribution in [0.1, 0.15) is 49.7 Å². The molecule has 2 aromatic carbocycles. The fraction of sp³-hybridized carbons (Fsp3) is 0.435. The molecule has 0 heterocycles. The summed E-state index contributed by atoms with van der Waals surface area (Å²) in [5.74, 6) is 3.24. The molecule has 4 fully saturated rings. The van der Waals surface area contributed by atoms with E-state index < -0.39 is 0 Å². The van der Waals surface area contributed by atoms with Gasteiger partial charge in [-0.05, 0) is 109 Å². The van der Waals surface area contributed by atoms with Crippen LogP contribution in [0, 0.1) is 17.8 Å². The van der Waals surface area contributed by atoms with E-state index >= 15 is 0 Å². The zero-order valence-corrected chi connectivity index (χ0v) is 14.6. The molecule has 4 saturated carbocycles. The van der Waals surface area contributed by atoms with E-state index in [0.29, 0.717) is 5.41 Å². The summed E-state index contributed by atoms with van der Waals surface area (Å²) >= 11 is 0. The average molecular weight is 331 g/mol. The van der Waals surface area contributed by atoms with Gasteiger partial charge in [-0.1, -0.05) is 12.1 Å². The minimum atomic E-state index is 0.289. The lowest BCUT2D eigenvalue weighted by atomic mass is 9.48. The highest BCUT2D eigenvalue weighted by atomic mass is 16.3. The van der Waals surface area contributed by atoms with Crippen LogP contribution in [0.15, 0.2) is 53.5 Å². The first-order valence-corrected chi connectivity index (χ1v) is 9.62. The predicted octanol–water partition coefficient (Wildman–Crippen LogP) is 5.61. The van der Waals surface area contributed by atoms with E-state index in [1.807, 2.05) is 18.3 Å². The highest BCUT2D eigenvalue weighted by Crippen LogP contribution is 2.60. The van der Waals surface area contributed by atoms with Gasteiger partial charge in [-0.3, -0.25) is 4.99 Å². The lowest BCUT2D eigenvalue weighted by Crippen LogP contribution is -2.48. The summed E-state index contributed by atoms with van der Waals surface area (Å²) in [4.78, 5) is 4.59. The third-order valence-electron chi connectivity index (χ3n) is 6.77. The van der Waals surface area contributed by atoms with E-state index in [9.17, 15) is 5.11 Å². The Kier molecular flexibility index (Phi) is 3.48. The number of hydrogen-bond donors (Lipinski definition) is 1. The second kappa shape index (κ2) is 5.72. The maximum atomic E-state index is 9.34. The third kappa shape index (κ3) is 2.78. The molecule has 2 nitrogen and oxygen atoms in total. The first-order valence-electron chi connectivity index (χ1n) is 9.62. The minimum absolute atomic E-state index is 0.289. The molecule has 4 aliphatic carbocycles. The summed E-state index contributed by atoms with van der Waals surface area (Å²) < 4.78 is 0. The number of aromatic hydroxyl groups is 1. The Balaban J connectivity index is 1.36. The largest absolute Gasteiger partial charge is 0.508 e.